The Hall–Kier alpha value is -3.86. The molecule has 2 amide bonds. The SMILES string of the molecule is Nc1ncc2ncn(-c3ccc(NC(=O)Nc4ccc(Cl)c(C(F)(F)F)c4)cc3)c2n1. The van der Waals surface area contributed by atoms with Crippen LogP contribution in [0.1, 0.15) is 5.56 Å². The first kappa shape index (κ1) is 20.4. The highest BCUT2D eigenvalue weighted by molar-refractivity contribution is 6.31. The van der Waals surface area contributed by atoms with Crippen LogP contribution in [0.2, 0.25) is 5.02 Å². The summed E-state index contributed by atoms with van der Waals surface area (Å²) in [7, 11) is 0. The van der Waals surface area contributed by atoms with Crippen molar-refractivity contribution >= 4 is 46.1 Å². The molecule has 0 bridgehead atoms. The molecule has 0 spiro atoms. The highest BCUT2D eigenvalue weighted by atomic mass is 35.5. The number of amides is 2. The van der Waals surface area contributed by atoms with Crippen LogP contribution in [-0.2, 0) is 6.18 Å². The van der Waals surface area contributed by atoms with Crippen LogP contribution < -0.4 is 16.4 Å². The van der Waals surface area contributed by atoms with Crippen LogP contribution in [0.15, 0.2) is 55.0 Å². The van der Waals surface area contributed by atoms with Gasteiger partial charge in [-0.15, -0.1) is 0 Å². The molecule has 0 aliphatic rings. The van der Waals surface area contributed by atoms with Crippen molar-refractivity contribution < 1.29 is 18.0 Å². The van der Waals surface area contributed by atoms with Crippen molar-refractivity contribution in [1.82, 2.24) is 19.5 Å². The normalized spacial score (nSPS) is 11.5. The second kappa shape index (κ2) is 7.76. The fourth-order valence-corrected chi connectivity index (χ4v) is 3.06. The van der Waals surface area contributed by atoms with E-state index in [1.807, 2.05) is 0 Å². The molecule has 0 saturated heterocycles. The lowest BCUT2D eigenvalue weighted by Gasteiger charge is -2.12. The van der Waals surface area contributed by atoms with Gasteiger partial charge in [0.15, 0.2) is 5.65 Å². The van der Waals surface area contributed by atoms with Crippen molar-refractivity contribution in [1.29, 1.82) is 0 Å². The zero-order valence-electron chi connectivity index (χ0n) is 15.5. The summed E-state index contributed by atoms with van der Waals surface area (Å²) in [6.07, 6.45) is -1.56. The fourth-order valence-electron chi connectivity index (χ4n) is 2.83. The molecule has 31 heavy (non-hydrogen) atoms. The van der Waals surface area contributed by atoms with Crippen molar-refractivity contribution in [2.75, 3.05) is 16.4 Å². The number of rotatable bonds is 3. The largest absolute Gasteiger partial charge is 0.417 e. The summed E-state index contributed by atoms with van der Waals surface area (Å²) in [6, 6.07) is 9.05. The summed E-state index contributed by atoms with van der Waals surface area (Å²) in [5.74, 6) is 0.111. The Morgan fingerprint density at radius 1 is 1.03 bits per heavy atom. The Labute approximate surface area is 177 Å². The minimum atomic E-state index is -4.63. The molecule has 12 heteroatoms. The van der Waals surface area contributed by atoms with E-state index in [0.29, 0.717) is 22.5 Å². The summed E-state index contributed by atoms with van der Waals surface area (Å²) in [4.78, 5) is 24.4. The highest BCUT2D eigenvalue weighted by Crippen LogP contribution is 2.36. The fraction of sp³-hybridized carbons (Fsp3) is 0.0526. The second-order valence-corrected chi connectivity index (χ2v) is 6.78. The van der Waals surface area contributed by atoms with Crippen LogP contribution in [0.5, 0.6) is 0 Å². The Morgan fingerprint density at radius 2 is 1.71 bits per heavy atom. The van der Waals surface area contributed by atoms with E-state index in [2.05, 4.69) is 25.6 Å². The van der Waals surface area contributed by atoms with Gasteiger partial charge in [0.1, 0.15) is 11.8 Å². The number of hydrogen-bond acceptors (Lipinski definition) is 5. The Balaban J connectivity index is 1.48. The molecule has 2 aromatic carbocycles. The van der Waals surface area contributed by atoms with Gasteiger partial charge in [-0.2, -0.15) is 18.2 Å². The predicted octanol–water partition coefficient (Wildman–Crippen LogP) is 4.71. The zero-order chi connectivity index (χ0) is 22.2. The van der Waals surface area contributed by atoms with Crippen molar-refractivity contribution in [3.63, 3.8) is 0 Å². The van der Waals surface area contributed by atoms with Gasteiger partial charge in [0, 0.05) is 17.1 Å². The highest BCUT2D eigenvalue weighted by Gasteiger charge is 2.33. The van der Waals surface area contributed by atoms with E-state index in [9.17, 15) is 18.0 Å². The molecule has 0 unspecified atom stereocenters. The molecule has 8 nitrogen and oxygen atoms in total. The average molecular weight is 448 g/mol. The van der Waals surface area contributed by atoms with Gasteiger partial charge in [0.25, 0.3) is 0 Å². The second-order valence-electron chi connectivity index (χ2n) is 6.37. The molecule has 2 aromatic heterocycles. The van der Waals surface area contributed by atoms with E-state index < -0.39 is 22.8 Å². The van der Waals surface area contributed by atoms with E-state index in [-0.39, 0.29) is 11.6 Å². The van der Waals surface area contributed by atoms with Crippen LogP contribution in [0.4, 0.5) is 35.3 Å². The Morgan fingerprint density at radius 3 is 2.42 bits per heavy atom. The number of aromatic nitrogens is 4. The molecule has 4 rings (SSSR count). The van der Waals surface area contributed by atoms with Crippen LogP contribution in [-0.4, -0.2) is 25.6 Å². The molecular weight excluding hydrogens is 435 g/mol. The number of alkyl halides is 3. The Bertz CT molecular complexity index is 1270. The summed E-state index contributed by atoms with van der Waals surface area (Å²) >= 11 is 5.58. The molecule has 2 heterocycles. The number of hydrogen-bond donors (Lipinski definition) is 3. The molecule has 0 fully saturated rings. The zero-order valence-corrected chi connectivity index (χ0v) is 16.2. The van der Waals surface area contributed by atoms with E-state index >= 15 is 0 Å². The lowest BCUT2D eigenvalue weighted by molar-refractivity contribution is -0.137. The summed E-state index contributed by atoms with van der Waals surface area (Å²) in [6.45, 7) is 0. The standard InChI is InChI=1S/C19H13ClF3N7O/c20-14-6-3-11(7-13(14)19(21,22)23)28-18(31)27-10-1-4-12(5-2-10)30-9-26-15-8-25-17(24)29-16(15)30/h1-9H,(H2,24,25,29)(H2,27,28,31). The van der Waals surface area contributed by atoms with Gasteiger partial charge in [-0.25, -0.2) is 14.8 Å². The topological polar surface area (TPSA) is 111 Å². The lowest BCUT2D eigenvalue weighted by atomic mass is 10.2. The number of nitrogens with one attached hydrogen (secondary N) is 2. The van der Waals surface area contributed by atoms with Crippen molar-refractivity contribution in [3.8, 4) is 5.69 Å². The summed E-state index contributed by atoms with van der Waals surface area (Å²) in [5.41, 5.74) is 6.76. The molecule has 0 aliphatic heterocycles. The summed E-state index contributed by atoms with van der Waals surface area (Å²) < 4.78 is 40.6. The predicted molar refractivity (Wildman–Crippen MR) is 110 cm³/mol. The van der Waals surface area contributed by atoms with Gasteiger partial charge < -0.3 is 16.4 Å². The number of nitrogen functional groups attached to an aromatic ring is 1. The van der Waals surface area contributed by atoms with Gasteiger partial charge in [0.2, 0.25) is 5.95 Å². The van der Waals surface area contributed by atoms with Crippen LogP contribution in [0.25, 0.3) is 16.9 Å². The maximum atomic E-state index is 13.0. The van der Waals surface area contributed by atoms with Crippen molar-refractivity contribution in [3.05, 3.63) is 65.6 Å². The molecule has 0 atom stereocenters. The van der Waals surface area contributed by atoms with Crippen molar-refractivity contribution in [2.45, 2.75) is 6.18 Å². The number of carbonyl (C=O) groups excluding carboxylic acids is 1. The third-order valence-electron chi connectivity index (χ3n) is 4.24. The first-order valence-electron chi connectivity index (χ1n) is 8.71. The number of halogens is 4. The van der Waals surface area contributed by atoms with Crippen LogP contribution in [0, 0.1) is 0 Å². The maximum absolute atomic E-state index is 13.0. The first-order chi connectivity index (χ1) is 14.7. The number of fused-ring (bicyclic) bond motifs is 1. The monoisotopic (exact) mass is 447 g/mol. The number of anilines is 3. The van der Waals surface area contributed by atoms with E-state index in [4.69, 9.17) is 17.3 Å². The van der Waals surface area contributed by atoms with Crippen LogP contribution >= 0.6 is 11.6 Å². The average Bonchev–Trinajstić information content (AvgIpc) is 3.12. The van der Waals surface area contributed by atoms with Gasteiger partial charge in [-0.1, -0.05) is 11.6 Å². The molecular formula is C19H13ClF3N7O. The number of carbonyl (C=O) groups is 1. The molecule has 0 radical (unpaired) electrons. The Kier molecular flexibility index (Phi) is 5.11. The summed E-state index contributed by atoms with van der Waals surface area (Å²) in [5, 5.41) is 4.44. The molecule has 4 aromatic rings. The lowest BCUT2D eigenvalue weighted by Crippen LogP contribution is -2.20. The van der Waals surface area contributed by atoms with E-state index in [1.165, 1.54) is 12.3 Å². The number of imidazole rings is 1. The maximum Gasteiger partial charge on any atom is 0.417 e. The van der Waals surface area contributed by atoms with Gasteiger partial charge in [-0.05, 0) is 42.5 Å². The number of nitrogens with zero attached hydrogens (tertiary/aromatic N) is 4. The van der Waals surface area contributed by atoms with E-state index in [0.717, 1.165) is 12.1 Å². The third-order valence-corrected chi connectivity index (χ3v) is 4.57. The minimum Gasteiger partial charge on any atom is -0.368 e. The van der Waals surface area contributed by atoms with E-state index in [1.54, 1.807) is 35.2 Å². The smallest absolute Gasteiger partial charge is 0.368 e. The van der Waals surface area contributed by atoms with Crippen LogP contribution in [0.3, 0.4) is 0 Å². The van der Waals surface area contributed by atoms with Gasteiger partial charge in [-0.3, -0.25) is 4.57 Å². The number of nitrogens with two attached hydrogens (primary N) is 1. The minimum absolute atomic E-state index is 0.0481. The van der Waals surface area contributed by atoms with Gasteiger partial charge >= 0.3 is 12.2 Å². The first-order valence-corrected chi connectivity index (χ1v) is 9.09. The third kappa shape index (κ3) is 4.36. The quantitative estimate of drug-likeness (QED) is 0.421. The van der Waals surface area contributed by atoms with Crippen molar-refractivity contribution in [2.24, 2.45) is 0 Å². The molecule has 4 N–H and O–H groups in total. The molecule has 0 aliphatic carbocycles. The molecule has 158 valence electrons. The number of urea groups is 1. The van der Waals surface area contributed by atoms with Gasteiger partial charge in [0.05, 0.1) is 16.8 Å². The molecule has 0 saturated carbocycles. The number of benzene rings is 2.